The summed E-state index contributed by atoms with van der Waals surface area (Å²) in [5.41, 5.74) is -0.295. The molecule has 1 unspecified atom stereocenters. The van der Waals surface area contributed by atoms with Crippen LogP contribution in [0.1, 0.15) is 20.3 Å². The molecule has 96 valence electrons. The van der Waals surface area contributed by atoms with Crippen molar-refractivity contribution in [2.45, 2.75) is 25.8 Å². The van der Waals surface area contributed by atoms with Crippen LogP contribution in [0, 0.1) is 11.7 Å². The maximum Gasteiger partial charge on any atom is 0.309 e. The number of hydrogen-bond acceptors (Lipinski definition) is 2. The Morgan fingerprint density at radius 3 is 2.39 bits per heavy atom. The number of benzene rings is 1. The number of rotatable bonds is 2. The van der Waals surface area contributed by atoms with Crippen LogP contribution in [-0.2, 0) is 9.59 Å². The number of carbonyl (C=O) groups excluding carboxylic acids is 1. The van der Waals surface area contributed by atoms with Crippen LogP contribution in [0.4, 0.5) is 10.1 Å². The molecule has 0 saturated carbocycles. The Morgan fingerprint density at radius 2 is 1.94 bits per heavy atom. The molecule has 1 atom stereocenters. The molecule has 1 N–H and O–H groups in total. The van der Waals surface area contributed by atoms with Gasteiger partial charge >= 0.3 is 5.97 Å². The first-order valence-corrected chi connectivity index (χ1v) is 5.65. The second-order valence-corrected chi connectivity index (χ2v) is 4.95. The highest BCUT2D eigenvalue weighted by atomic mass is 19.1. The number of nitrogens with zero attached hydrogens (tertiary/aromatic N) is 1. The van der Waals surface area contributed by atoms with Crippen molar-refractivity contribution < 1.29 is 19.1 Å². The Kier molecular flexibility index (Phi) is 2.84. The van der Waals surface area contributed by atoms with Crippen molar-refractivity contribution in [3.8, 4) is 0 Å². The smallest absolute Gasteiger partial charge is 0.309 e. The Morgan fingerprint density at radius 1 is 1.39 bits per heavy atom. The predicted molar refractivity (Wildman–Crippen MR) is 63.7 cm³/mol. The second kappa shape index (κ2) is 4.08. The SMILES string of the molecule is CC1(C)C(C(=O)O)CC(=O)N1c1ccc(F)cc1. The summed E-state index contributed by atoms with van der Waals surface area (Å²) < 4.78 is 12.9. The Labute approximate surface area is 104 Å². The van der Waals surface area contributed by atoms with Gasteiger partial charge in [0.2, 0.25) is 5.91 Å². The van der Waals surface area contributed by atoms with Crippen molar-refractivity contribution in [1.82, 2.24) is 0 Å². The van der Waals surface area contributed by atoms with E-state index < -0.39 is 23.2 Å². The van der Waals surface area contributed by atoms with Crippen LogP contribution in [0.25, 0.3) is 0 Å². The van der Waals surface area contributed by atoms with Crippen LogP contribution in [0.2, 0.25) is 0 Å². The lowest BCUT2D eigenvalue weighted by molar-refractivity contribution is -0.143. The van der Waals surface area contributed by atoms with Gasteiger partial charge in [0.05, 0.1) is 11.5 Å². The highest BCUT2D eigenvalue weighted by Gasteiger charge is 2.50. The average Bonchev–Trinajstić information content (AvgIpc) is 2.51. The molecule has 2 rings (SSSR count). The minimum Gasteiger partial charge on any atom is -0.481 e. The Hall–Kier alpha value is -1.91. The number of halogens is 1. The van der Waals surface area contributed by atoms with Crippen molar-refractivity contribution in [2.24, 2.45) is 5.92 Å². The molecular weight excluding hydrogens is 237 g/mol. The molecule has 1 aliphatic heterocycles. The fraction of sp³-hybridized carbons (Fsp3) is 0.385. The molecule has 0 aliphatic carbocycles. The number of anilines is 1. The van der Waals surface area contributed by atoms with Gasteiger partial charge in [0, 0.05) is 12.1 Å². The fourth-order valence-corrected chi connectivity index (χ4v) is 2.45. The molecule has 1 saturated heterocycles. The first kappa shape index (κ1) is 12.5. The molecule has 5 heteroatoms. The van der Waals surface area contributed by atoms with E-state index in [2.05, 4.69) is 0 Å². The topological polar surface area (TPSA) is 57.6 Å². The molecule has 1 amide bonds. The summed E-state index contributed by atoms with van der Waals surface area (Å²) in [6.07, 6.45) is -0.0281. The molecule has 0 bridgehead atoms. The third kappa shape index (κ3) is 1.85. The number of amides is 1. The van der Waals surface area contributed by atoms with Crippen molar-refractivity contribution in [3.63, 3.8) is 0 Å². The zero-order valence-electron chi connectivity index (χ0n) is 10.2. The normalized spacial score (nSPS) is 22.3. The van der Waals surface area contributed by atoms with Crippen LogP contribution in [0.3, 0.4) is 0 Å². The molecule has 1 aromatic rings. The van der Waals surface area contributed by atoms with E-state index in [1.807, 2.05) is 0 Å². The van der Waals surface area contributed by atoms with Crippen LogP contribution >= 0.6 is 0 Å². The molecule has 1 aliphatic rings. The van der Waals surface area contributed by atoms with Gasteiger partial charge in [-0.1, -0.05) is 0 Å². The third-order valence-electron chi connectivity index (χ3n) is 3.44. The number of aliphatic carboxylic acids is 1. The molecule has 1 fully saturated rings. The molecule has 18 heavy (non-hydrogen) atoms. The summed E-state index contributed by atoms with van der Waals surface area (Å²) >= 11 is 0. The second-order valence-electron chi connectivity index (χ2n) is 4.95. The largest absolute Gasteiger partial charge is 0.481 e. The van der Waals surface area contributed by atoms with Crippen molar-refractivity contribution in [3.05, 3.63) is 30.1 Å². The summed E-state index contributed by atoms with van der Waals surface area (Å²) in [6, 6.07) is 5.48. The average molecular weight is 251 g/mol. The Balaban J connectivity index is 2.41. The molecule has 1 heterocycles. The monoisotopic (exact) mass is 251 g/mol. The maximum absolute atomic E-state index is 12.9. The number of carboxylic acids is 1. The van der Waals surface area contributed by atoms with Crippen LogP contribution in [0.15, 0.2) is 24.3 Å². The van der Waals surface area contributed by atoms with E-state index in [0.717, 1.165) is 0 Å². The molecule has 1 aromatic carbocycles. The standard InChI is InChI=1S/C13H14FNO3/c1-13(2)10(12(17)18)7-11(16)15(13)9-5-3-8(14)4-6-9/h3-6,10H,7H2,1-2H3,(H,17,18). The summed E-state index contributed by atoms with van der Waals surface area (Å²) in [7, 11) is 0. The van der Waals surface area contributed by atoms with Gasteiger partial charge < -0.3 is 10.0 Å². The predicted octanol–water partition coefficient (Wildman–Crippen LogP) is 2.04. The summed E-state index contributed by atoms with van der Waals surface area (Å²) in [4.78, 5) is 24.5. The highest BCUT2D eigenvalue weighted by Crippen LogP contribution is 2.39. The highest BCUT2D eigenvalue weighted by molar-refractivity contribution is 6.01. The van der Waals surface area contributed by atoms with E-state index in [0.29, 0.717) is 5.69 Å². The third-order valence-corrected chi connectivity index (χ3v) is 3.44. The first-order valence-electron chi connectivity index (χ1n) is 5.65. The van der Waals surface area contributed by atoms with Gasteiger partial charge in [-0.15, -0.1) is 0 Å². The van der Waals surface area contributed by atoms with Gasteiger partial charge in [0.25, 0.3) is 0 Å². The van der Waals surface area contributed by atoms with Crippen molar-refractivity contribution >= 4 is 17.6 Å². The van der Waals surface area contributed by atoms with E-state index in [-0.39, 0.29) is 12.3 Å². The molecule has 0 aromatic heterocycles. The van der Waals surface area contributed by atoms with Gasteiger partial charge in [-0.3, -0.25) is 9.59 Å². The quantitative estimate of drug-likeness (QED) is 0.875. The first-order chi connectivity index (χ1) is 8.34. The van der Waals surface area contributed by atoms with E-state index in [9.17, 15) is 14.0 Å². The number of carbonyl (C=O) groups is 2. The van der Waals surface area contributed by atoms with E-state index in [1.165, 1.54) is 29.2 Å². The van der Waals surface area contributed by atoms with Gasteiger partial charge in [-0.05, 0) is 38.1 Å². The zero-order valence-corrected chi connectivity index (χ0v) is 10.2. The molecular formula is C13H14FNO3. The van der Waals surface area contributed by atoms with Gasteiger partial charge in [0.1, 0.15) is 5.82 Å². The minimum atomic E-state index is -0.988. The minimum absolute atomic E-state index is 0.0281. The van der Waals surface area contributed by atoms with Gasteiger partial charge in [-0.2, -0.15) is 0 Å². The van der Waals surface area contributed by atoms with Crippen molar-refractivity contribution in [1.29, 1.82) is 0 Å². The Bertz CT molecular complexity index is 495. The van der Waals surface area contributed by atoms with E-state index in [4.69, 9.17) is 5.11 Å². The van der Waals surface area contributed by atoms with E-state index in [1.54, 1.807) is 13.8 Å². The van der Waals surface area contributed by atoms with Gasteiger partial charge in [0.15, 0.2) is 0 Å². The lowest BCUT2D eigenvalue weighted by Gasteiger charge is -2.34. The van der Waals surface area contributed by atoms with Crippen LogP contribution in [-0.4, -0.2) is 22.5 Å². The summed E-state index contributed by atoms with van der Waals surface area (Å²) in [5.74, 6) is -2.38. The molecule has 0 radical (unpaired) electrons. The van der Waals surface area contributed by atoms with E-state index >= 15 is 0 Å². The van der Waals surface area contributed by atoms with Crippen LogP contribution in [0.5, 0.6) is 0 Å². The fourth-order valence-electron chi connectivity index (χ4n) is 2.45. The maximum atomic E-state index is 12.9. The summed E-state index contributed by atoms with van der Waals surface area (Å²) in [5, 5.41) is 9.14. The molecule has 4 nitrogen and oxygen atoms in total. The summed E-state index contributed by atoms with van der Waals surface area (Å²) in [6.45, 7) is 3.42. The van der Waals surface area contributed by atoms with Gasteiger partial charge in [-0.25, -0.2) is 4.39 Å². The van der Waals surface area contributed by atoms with Crippen molar-refractivity contribution in [2.75, 3.05) is 4.90 Å². The number of carboxylic acid groups (broad SMARTS) is 1. The lowest BCUT2D eigenvalue weighted by Crippen LogP contribution is -2.46. The molecule has 0 spiro atoms. The number of hydrogen-bond donors (Lipinski definition) is 1. The zero-order chi connectivity index (χ0) is 13.5. The van der Waals surface area contributed by atoms with Crippen LogP contribution < -0.4 is 4.90 Å². The lowest BCUT2D eigenvalue weighted by atomic mass is 9.88.